The number of rotatable bonds is 8. The van der Waals surface area contributed by atoms with Gasteiger partial charge in [-0.15, -0.1) is 0 Å². The van der Waals surface area contributed by atoms with Crippen LogP contribution >= 0.6 is 11.6 Å². The van der Waals surface area contributed by atoms with Gasteiger partial charge in [-0.1, -0.05) is 35.9 Å². The molecular weight excluding hydrogens is 451 g/mol. The van der Waals surface area contributed by atoms with Gasteiger partial charge < -0.3 is 10.1 Å². The van der Waals surface area contributed by atoms with Gasteiger partial charge in [-0.25, -0.2) is 13.2 Å². The van der Waals surface area contributed by atoms with Crippen LogP contribution in [0.2, 0.25) is 5.02 Å². The molecule has 0 aliphatic carbocycles. The minimum Gasteiger partial charge on any atom is -0.478 e. The maximum Gasteiger partial charge on any atom is 0.263 e. The van der Waals surface area contributed by atoms with Crippen LogP contribution in [0.15, 0.2) is 66.7 Å². The van der Waals surface area contributed by atoms with Crippen LogP contribution in [0.1, 0.15) is 37.8 Å². The van der Waals surface area contributed by atoms with Crippen molar-refractivity contribution >= 4 is 17.5 Å². The molecule has 0 spiro atoms. The fourth-order valence-corrected chi connectivity index (χ4v) is 3.73. The maximum absolute atomic E-state index is 14.0. The van der Waals surface area contributed by atoms with Crippen molar-refractivity contribution in [2.75, 3.05) is 0 Å². The largest absolute Gasteiger partial charge is 0.478 e. The van der Waals surface area contributed by atoms with Gasteiger partial charge in [0.05, 0.1) is 0 Å². The molecule has 0 bridgehead atoms. The fraction of sp³-hybridized carbons (Fsp3) is 0.269. The highest BCUT2D eigenvalue weighted by molar-refractivity contribution is 6.30. The van der Waals surface area contributed by atoms with E-state index in [2.05, 4.69) is 5.32 Å². The summed E-state index contributed by atoms with van der Waals surface area (Å²) in [5, 5.41) is 3.53. The molecular formula is C26H25ClF3NO2. The molecule has 0 aliphatic heterocycles. The van der Waals surface area contributed by atoms with E-state index in [9.17, 15) is 18.0 Å². The van der Waals surface area contributed by atoms with Crippen molar-refractivity contribution in [3.8, 4) is 5.75 Å². The van der Waals surface area contributed by atoms with Crippen molar-refractivity contribution in [3.63, 3.8) is 0 Å². The second kappa shape index (κ2) is 10.3. The Kier molecular flexibility index (Phi) is 7.69. The number of ether oxygens (including phenoxy) is 1. The van der Waals surface area contributed by atoms with E-state index >= 15 is 0 Å². The maximum atomic E-state index is 14.0. The molecule has 3 aromatic rings. The molecule has 1 N–H and O–H groups in total. The summed E-state index contributed by atoms with van der Waals surface area (Å²) in [6.45, 7) is 4.84. The van der Waals surface area contributed by atoms with Crippen molar-refractivity contribution in [3.05, 3.63) is 100 Å². The fourth-order valence-electron chi connectivity index (χ4n) is 3.60. The molecule has 0 aliphatic rings. The molecule has 174 valence electrons. The molecule has 0 saturated heterocycles. The lowest BCUT2D eigenvalue weighted by molar-refractivity contribution is -0.135. The second-order valence-corrected chi connectivity index (χ2v) is 8.91. The van der Waals surface area contributed by atoms with Gasteiger partial charge in [-0.05, 0) is 62.6 Å². The normalized spacial score (nSPS) is 13.3. The van der Waals surface area contributed by atoms with Crippen LogP contribution in [-0.4, -0.2) is 17.6 Å². The molecule has 0 fully saturated rings. The number of nitrogens with one attached hydrogen (secondary N) is 1. The number of halogens is 4. The summed E-state index contributed by atoms with van der Waals surface area (Å²) in [6.07, 6.45) is 0.526. The highest BCUT2D eigenvalue weighted by Gasteiger charge is 2.33. The number of amides is 1. The average molecular weight is 476 g/mol. The molecule has 7 heteroatoms. The molecule has 2 atom stereocenters. The average Bonchev–Trinajstić information content (AvgIpc) is 2.72. The summed E-state index contributed by atoms with van der Waals surface area (Å²) < 4.78 is 46.6. The molecule has 1 amide bonds. The topological polar surface area (TPSA) is 38.3 Å². The molecule has 33 heavy (non-hydrogen) atoms. The van der Waals surface area contributed by atoms with E-state index in [-0.39, 0.29) is 17.5 Å². The van der Waals surface area contributed by atoms with Crippen LogP contribution in [0.25, 0.3) is 0 Å². The third-order valence-electron chi connectivity index (χ3n) is 5.36. The third-order valence-corrected chi connectivity index (χ3v) is 5.62. The predicted molar refractivity (Wildman–Crippen MR) is 123 cm³/mol. The smallest absolute Gasteiger partial charge is 0.263 e. The highest BCUT2D eigenvalue weighted by atomic mass is 35.5. The Balaban J connectivity index is 1.80. The zero-order valence-electron chi connectivity index (χ0n) is 18.5. The van der Waals surface area contributed by atoms with E-state index in [1.165, 1.54) is 26.0 Å². The first-order valence-electron chi connectivity index (χ1n) is 10.5. The Hall–Kier alpha value is -2.99. The number of carbonyl (C=O) groups excluding carboxylic acids is 1. The standard InChI is InChI=1S/C26H25ClF3NO2/c1-16(31-25(32)26(2,3)33-23-14-21(29)13-22(30)15-23)24(18-5-4-6-20(28)12-18)11-17-7-9-19(27)10-8-17/h4-10,12-16,24H,11H2,1-3H3,(H,31,32). The van der Waals surface area contributed by atoms with Crippen LogP contribution in [0, 0.1) is 17.5 Å². The van der Waals surface area contributed by atoms with Crippen molar-refractivity contribution < 1.29 is 22.7 Å². The number of hydrogen-bond acceptors (Lipinski definition) is 2. The minimum atomic E-state index is -1.42. The predicted octanol–water partition coefficient (Wildman–Crippen LogP) is 6.45. The lowest BCUT2D eigenvalue weighted by Gasteiger charge is -2.31. The van der Waals surface area contributed by atoms with E-state index in [1.807, 2.05) is 25.1 Å². The lowest BCUT2D eigenvalue weighted by atomic mass is 9.86. The summed E-state index contributed by atoms with van der Waals surface area (Å²) in [6, 6.07) is 15.9. The number of benzene rings is 3. The first-order chi connectivity index (χ1) is 15.5. The van der Waals surface area contributed by atoms with Gasteiger partial charge in [0.2, 0.25) is 0 Å². The summed E-state index contributed by atoms with van der Waals surface area (Å²) in [7, 11) is 0. The Morgan fingerprint density at radius 1 is 0.970 bits per heavy atom. The van der Waals surface area contributed by atoms with Gasteiger partial charge in [0.15, 0.2) is 5.60 Å². The minimum absolute atomic E-state index is 0.0943. The van der Waals surface area contributed by atoms with E-state index in [4.69, 9.17) is 16.3 Å². The van der Waals surface area contributed by atoms with Crippen LogP contribution in [0.5, 0.6) is 5.75 Å². The Morgan fingerprint density at radius 2 is 1.61 bits per heavy atom. The highest BCUT2D eigenvalue weighted by Crippen LogP contribution is 2.27. The molecule has 3 rings (SSSR count). The van der Waals surface area contributed by atoms with Crippen LogP contribution < -0.4 is 10.1 Å². The third kappa shape index (κ3) is 6.75. The first kappa shape index (κ1) is 24.6. The first-order valence-corrected chi connectivity index (χ1v) is 10.9. The van der Waals surface area contributed by atoms with Crippen molar-refractivity contribution in [1.29, 1.82) is 0 Å². The molecule has 2 unspecified atom stereocenters. The molecule has 3 nitrogen and oxygen atoms in total. The number of carbonyl (C=O) groups is 1. The molecule has 0 radical (unpaired) electrons. The van der Waals surface area contributed by atoms with E-state index in [1.54, 1.807) is 18.2 Å². The van der Waals surface area contributed by atoms with Gasteiger partial charge in [0.25, 0.3) is 5.91 Å². The molecule has 0 aromatic heterocycles. The summed E-state index contributed by atoms with van der Waals surface area (Å²) in [5.41, 5.74) is 0.283. The molecule has 0 saturated carbocycles. The van der Waals surface area contributed by atoms with Gasteiger partial charge in [0, 0.05) is 35.2 Å². The molecule has 0 heterocycles. The lowest BCUT2D eigenvalue weighted by Crippen LogP contribution is -2.51. The van der Waals surface area contributed by atoms with Gasteiger partial charge >= 0.3 is 0 Å². The summed E-state index contributed by atoms with van der Waals surface area (Å²) in [5.74, 6) is -2.80. The van der Waals surface area contributed by atoms with Gasteiger partial charge in [-0.3, -0.25) is 4.79 Å². The monoisotopic (exact) mass is 475 g/mol. The van der Waals surface area contributed by atoms with Gasteiger partial charge in [-0.2, -0.15) is 0 Å². The Morgan fingerprint density at radius 3 is 2.21 bits per heavy atom. The zero-order valence-corrected chi connectivity index (χ0v) is 19.3. The van der Waals surface area contributed by atoms with E-state index in [0.29, 0.717) is 11.4 Å². The van der Waals surface area contributed by atoms with Crippen LogP contribution in [0.4, 0.5) is 13.2 Å². The second-order valence-electron chi connectivity index (χ2n) is 8.47. The van der Waals surface area contributed by atoms with Gasteiger partial charge in [0.1, 0.15) is 23.2 Å². The van der Waals surface area contributed by atoms with Crippen LogP contribution in [-0.2, 0) is 11.2 Å². The molecule has 3 aromatic carbocycles. The van der Waals surface area contributed by atoms with Crippen molar-refractivity contribution in [1.82, 2.24) is 5.32 Å². The number of hydrogen-bond donors (Lipinski definition) is 1. The Labute approximate surface area is 196 Å². The zero-order chi connectivity index (χ0) is 24.2. The quantitative estimate of drug-likeness (QED) is 0.407. The van der Waals surface area contributed by atoms with E-state index in [0.717, 1.165) is 29.3 Å². The SMILES string of the molecule is CC(NC(=O)C(C)(C)Oc1cc(F)cc(F)c1)C(Cc1ccc(Cl)cc1)c1cccc(F)c1. The van der Waals surface area contributed by atoms with Crippen molar-refractivity contribution in [2.45, 2.75) is 44.8 Å². The Bertz CT molecular complexity index is 1100. The summed E-state index contributed by atoms with van der Waals surface area (Å²) >= 11 is 5.99. The summed E-state index contributed by atoms with van der Waals surface area (Å²) in [4.78, 5) is 13.0. The van der Waals surface area contributed by atoms with Crippen LogP contribution in [0.3, 0.4) is 0 Å². The van der Waals surface area contributed by atoms with Crippen molar-refractivity contribution in [2.24, 2.45) is 0 Å². The van der Waals surface area contributed by atoms with E-state index < -0.39 is 29.2 Å².